The van der Waals surface area contributed by atoms with Gasteiger partial charge in [-0.1, -0.05) is 0 Å². The molecule has 1 fully saturated rings. The summed E-state index contributed by atoms with van der Waals surface area (Å²) in [5.41, 5.74) is 0.460. The van der Waals surface area contributed by atoms with Crippen molar-refractivity contribution in [2.24, 2.45) is 0 Å². The van der Waals surface area contributed by atoms with Crippen molar-refractivity contribution in [1.29, 1.82) is 0 Å². The maximum atomic E-state index is 14.7. The number of aromatic nitrogens is 4. The third kappa shape index (κ3) is 2.07. The third-order valence-corrected chi connectivity index (χ3v) is 5.35. The Bertz CT molecular complexity index is 1260. The highest BCUT2D eigenvalue weighted by atomic mass is 32.1. The molecule has 3 aromatic heterocycles. The molecule has 5 rings (SSSR count). The molecule has 0 spiro atoms. The Morgan fingerprint density at radius 3 is 2.80 bits per heavy atom. The van der Waals surface area contributed by atoms with Gasteiger partial charge in [0.25, 0.3) is 5.56 Å². The maximum Gasteiger partial charge on any atom is 0.271 e. The summed E-state index contributed by atoms with van der Waals surface area (Å²) in [7, 11) is 0. The number of nitrogens with one attached hydrogen (secondary N) is 1. The minimum Gasteiger partial charge on any atom is -0.328 e. The monoisotopic (exact) mass is 354 g/mol. The van der Waals surface area contributed by atoms with Crippen molar-refractivity contribution in [2.75, 3.05) is 0 Å². The van der Waals surface area contributed by atoms with E-state index in [1.165, 1.54) is 24.7 Å². The lowest BCUT2D eigenvalue weighted by Crippen LogP contribution is -2.15. The highest BCUT2D eigenvalue weighted by Crippen LogP contribution is 2.40. The lowest BCUT2D eigenvalue weighted by atomic mass is 10.1. The minimum atomic E-state index is -0.557. The van der Waals surface area contributed by atoms with E-state index in [4.69, 9.17) is 0 Å². The summed E-state index contributed by atoms with van der Waals surface area (Å²) in [5.74, 6) is -0.557. The zero-order valence-corrected chi connectivity index (χ0v) is 13.6. The molecule has 1 aliphatic rings. The van der Waals surface area contributed by atoms with Gasteiger partial charge >= 0.3 is 0 Å². The minimum absolute atomic E-state index is 0.107. The first-order chi connectivity index (χ1) is 12.1. The number of halogens is 1. The molecule has 0 unspecified atom stereocenters. The van der Waals surface area contributed by atoms with Gasteiger partial charge in [-0.15, -0.1) is 0 Å². The molecular weight excluding hydrogens is 343 g/mol. The van der Waals surface area contributed by atoms with Crippen molar-refractivity contribution < 1.29 is 4.39 Å². The summed E-state index contributed by atoms with van der Waals surface area (Å²) in [6.45, 7) is 0. The summed E-state index contributed by atoms with van der Waals surface area (Å²) in [6, 6.07) is 3.06. The largest absolute Gasteiger partial charge is 0.328 e. The fraction of sp³-hybridized carbons (Fsp3) is 0.176. The van der Waals surface area contributed by atoms with Crippen LogP contribution in [0.25, 0.3) is 32.4 Å². The van der Waals surface area contributed by atoms with Crippen LogP contribution in [0.1, 0.15) is 18.9 Å². The van der Waals surface area contributed by atoms with Gasteiger partial charge in [-0.2, -0.15) is 0 Å². The van der Waals surface area contributed by atoms with Gasteiger partial charge in [-0.25, -0.2) is 4.39 Å². The number of hydrogen-bond acceptors (Lipinski definition) is 5. The second kappa shape index (κ2) is 5.06. The average molecular weight is 354 g/mol. The Balaban J connectivity index is 1.96. The van der Waals surface area contributed by atoms with Crippen molar-refractivity contribution in [1.82, 2.24) is 18.9 Å². The molecule has 0 saturated heterocycles. The molecule has 1 aromatic carbocycles. The normalized spacial score (nSPS) is 14.4. The fourth-order valence-corrected chi connectivity index (χ4v) is 4.11. The summed E-state index contributed by atoms with van der Waals surface area (Å²) < 4.78 is 19.3. The van der Waals surface area contributed by atoms with Crippen LogP contribution in [0.4, 0.5) is 4.39 Å². The average Bonchev–Trinajstić information content (AvgIpc) is 3.38. The summed E-state index contributed by atoms with van der Waals surface area (Å²) in [4.78, 5) is 33.5. The number of fused-ring (bicyclic) bond motifs is 2. The van der Waals surface area contributed by atoms with Crippen LogP contribution in [0.5, 0.6) is 0 Å². The summed E-state index contributed by atoms with van der Waals surface area (Å²) in [5, 5.41) is 0.324. The molecule has 0 aliphatic heterocycles. The third-order valence-electron chi connectivity index (χ3n) is 4.47. The second-order valence-electron chi connectivity index (χ2n) is 6.08. The first-order valence-corrected chi connectivity index (χ1v) is 8.62. The van der Waals surface area contributed by atoms with Crippen LogP contribution in [0, 0.1) is 5.82 Å². The van der Waals surface area contributed by atoms with Gasteiger partial charge in [-0.3, -0.25) is 23.9 Å². The second-order valence-corrected chi connectivity index (χ2v) is 6.88. The molecule has 1 saturated carbocycles. The van der Waals surface area contributed by atoms with Crippen molar-refractivity contribution in [3.63, 3.8) is 0 Å². The number of benzene rings is 1. The molecule has 8 heteroatoms. The van der Waals surface area contributed by atoms with Crippen LogP contribution in [0.3, 0.4) is 0 Å². The Morgan fingerprint density at radius 1 is 1.24 bits per heavy atom. The van der Waals surface area contributed by atoms with Gasteiger partial charge in [0.1, 0.15) is 16.0 Å². The summed E-state index contributed by atoms with van der Waals surface area (Å²) in [6.07, 6.45) is 6.43. The molecule has 1 N–H and O–H groups in total. The van der Waals surface area contributed by atoms with E-state index >= 15 is 0 Å². The molecule has 3 heterocycles. The number of nitrogens with zero attached hydrogens (tertiary/aromatic N) is 3. The number of H-pyrrole nitrogens is 1. The van der Waals surface area contributed by atoms with Crippen LogP contribution in [-0.2, 0) is 0 Å². The van der Waals surface area contributed by atoms with E-state index in [1.807, 2.05) is 4.57 Å². The van der Waals surface area contributed by atoms with Crippen LogP contribution in [0.15, 0.2) is 40.3 Å². The van der Waals surface area contributed by atoms with E-state index in [0.717, 1.165) is 24.4 Å². The quantitative estimate of drug-likeness (QED) is 0.600. The maximum absolute atomic E-state index is 14.7. The standard InChI is InChI=1S/C17H11FN4O2S/c18-11-5-10-13(6-9(11)12-7-19-3-4-20-12)22(8-1-2-8)17-14(15(10)23)16(24)21-25-17/h3-8H,1-2H2,(H,21,24). The molecule has 0 amide bonds. The molecule has 124 valence electrons. The molecule has 0 radical (unpaired) electrons. The van der Waals surface area contributed by atoms with E-state index in [9.17, 15) is 14.0 Å². The first-order valence-electron chi connectivity index (χ1n) is 7.80. The number of rotatable bonds is 2. The van der Waals surface area contributed by atoms with Crippen LogP contribution in [0.2, 0.25) is 0 Å². The highest BCUT2D eigenvalue weighted by Gasteiger charge is 2.29. The number of aromatic amines is 1. The van der Waals surface area contributed by atoms with Gasteiger partial charge in [0.2, 0.25) is 5.43 Å². The fourth-order valence-electron chi connectivity index (χ4n) is 3.18. The molecule has 6 nitrogen and oxygen atoms in total. The highest BCUT2D eigenvalue weighted by molar-refractivity contribution is 7.12. The van der Waals surface area contributed by atoms with E-state index in [2.05, 4.69) is 14.3 Å². The van der Waals surface area contributed by atoms with Crippen LogP contribution in [-0.4, -0.2) is 18.9 Å². The number of hydrogen-bond donors (Lipinski definition) is 1. The molecule has 0 atom stereocenters. The number of pyridine rings is 1. The summed E-state index contributed by atoms with van der Waals surface area (Å²) >= 11 is 1.15. The smallest absolute Gasteiger partial charge is 0.271 e. The van der Waals surface area contributed by atoms with E-state index in [0.29, 0.717) is 16.0 Å². The molecule has 1 aliphatic carbocycles. The van der Waals surface area contributed by atoms with Gasteiger partial charge < -0.3 is 4.57 Å². The molecule has 4 aromatic rings. The first kappa shape index (κ1) is 14.5. The lowest BCUT2D eigenvalue weighted by Gasteiger charge is -2.13. The van der Waals surface area contributed by atoms with Gasteiger partial charge in [0, 0.05) is 29.4 Å². The van der Waals surface area contributed by atoms with Gasteiger partial charge in [0.05, 0.1) is 17.4 Å². The topological polar surface area (TPSA) is 80.6 Å². The van der Waals surface area contributed by atoms with Crippen molar-refractivity contribution >= 4 is 32.7 Å². The Kier molecular flexibility index (Phi) is 2.93. The SMILES string of the molecule is O=c1[nH]sc2c1c(=O)c1cc(F)c(-c3cnccn3)cc1n2C1CC1. The zero-order chi connectivity index (χ0) is 17.1. The Labute approximate surface area is 143 Å². The van der Waals surface area contributed by atoms with Crippen molar-refractivity contribution in [2.45, 2.75) is 18.9 Å². The van der Waals surface area contributed by atoms with Crippen LogP contribution >= 0.6 is 11.5 Å². The van der Waals surface area contributed by atoms with Crippen molar-refractivity contribution in [3.05, 3.63) is 57.1 Å². The predicted molar refractivity (Wildman–Crippen MR) is 93.5 cm³/mol. The van der Waals surface area contributed by atoms with Crippen molar-refractivity contribution in [3.8, 4) is 11.3 Å². The molecular formula is C17H11FN4O2S. The van der Waals surface area contributed by atoms with E-state index in [1.54, 1.807) is 6.07 Å². The van der Waals surface area contributed by atoms with Crippen LogP contribution < -0.4 is 11.0 Å². The zero-order valence-electron chi connectivity index (χ0n) is 12.8. The molecule has 25 heavy (non-hydrogen) atoms. The predicted octanol–water partition coefficient (Wildman–Crippen LogP) is 2.84. The Hall–Kier alpha value is -2.87. The Morgan fingerprint density at radius 2 is 2.08 bits per heavy atom. The van der Waals surface area contributed by atoms with E-state index < -0.39 is 16.8 Å². The lowest BCUT2D eigenvalue weighted by molar-refractivity contribution is 0.632. The van der Waals surface area contributed by atoms with E-state index in [-0.39, 0.29) is 22.4 Å². The van der Waals surface area contributed by atoms with Gasteiger partial charge in [0.15, 0.2) is 0 Å². The van der Waals surface area contributed by atoms with Gasteiger partial charge in [-0.05, 0) is 36.5 Å². The molecule has 0 bridgehead atoms.